The maximum atomic E-state index is 11.1. The highest BCUT2D eigenvalue weighted by Crippen LogP contribution is 2.04. The van der Waals surface area contributed by atoms with E-state index in [-0.39, 0.29) is 5.78 Å². The number of rotatable bonds is 4. The molecule has 1 aromatic rings. The second-order valence-electron chi connectivity index (χ2n) is 3.42. The van der Waals surface area contributed by atoms with Gasteiger partial charge < -0.3 is 4.90 Å². The molecule has 1 aromatic heterocycles. The smallest absolute Gasteiger partial charge is 0.159 e. The average Bonchev–Trinajstić information content (AvgIpc) is 2.18. The fraction of sp³-hybridized carbons (Fsp3) is 0.455. The van der Waals surface area contributed by atoms with Gasteiger partial charge in [-0.15, -0.1) is 0 Å². The summed E-state index contributed by atoms with van der Waals surface area (Å²) in [5, 5.41) is 0. The lowest BCUT2D eigenvalue weighted by Crippen LogP contribution is -2.17. The van der Waals surface area contributed by atoms with Crippen molar-refractivity contribution in [3.8, 4) is 0 Å². The van der Waals surface area contributed by atoms with Gasteiger partial charge in [-0.1, -0.05) is 6.92 Å². The van der Waals surface area contributed by atoms with Gasteiger partial charge in [0, 0.05) is 18.3 Å². The van der Waals surface area contributed by atoms with Crippen LogP contribution < -0.4 is 0 Å². The molecular formula is C11H16N2O. The van der Waals surface area contributed by atoms with E-state index in [2.05, 4.69) is 16.8 Å². The first-order valence-corrected chi connectivity index (χ1v) is 4.78. The van der Waals surface area contributed by atoms with E-state index >= 15 is 0 Å². The van der Waals surface area contributed by atoms with E-state index in [1.165, 1.54) is 0 Å². The molecular weight excluding hydrogens is 176 g/mol. The third kappa shape index (κ3) is 2.92. The highest BCUT2D eigenvalue weighted by molar-refractivity contribution is 5.93. The van der Waals surface area contributed by atoms with Crippen LogP contribution in [0.25, 0.3) is 0 Å². The van der Waals surface area contributed by atoms with E-state index in [0.29, 0.717) is 0 Å². The van der Waals surface area contributed by atoms with Crippen LogP contribution in [0.4, 0.5) is 0 Å². The molecule has 0 fully saturated rings. The van der Waals surface area contributed by atoms with Crippen molar-refractivity contribution in [2.75, 3.05) is 13.6 Å². The van der Waals surface area contributed by atoms with Crippen LogP contribution in [0.2, 0.25) is 0 Å². The zero-order chi connectivity index (χ0) is 10.6. The Hall–Kier alpha value is -1.22. The van der Waals surface area contributed by atoms with E-state index in [1.54, 1.807) is 19.2 Å². The van der Waals surface area contributed by atoms with Crippen molar-refractivity contribution in [2.24, 2.45) is 0 Å². The minimum atomic E-state index is 0.0906. The Labute approximate surface area is 84.8 Å². The van der Waals surface area contributed by atoms with Crippen molar-refractivity contribution in [3.05, 3.63) is 29.6 Å². The monoisotopic (exact) mass is 192 g/mol. The lowest BCUT2D eigenvalue weighted by molar-refractivity contribution is 0.101. The molecule has 0 aromatic carbocycles. The van der Waals surface area contributed by atoms with Crippen LogP contribution in [0.5, 0.6) is 0 Å². The largest absolute Gasteiger partial charge is 0.301 e. The molecule has 1 heterocycles. The standard InChI is InChI=1S/C11H16N2O/c1-4-13(3)8-11-7-10(9(2)14)5-6-12-11/h5-7H,4,8H2,1-3H3. The first-order chi connectivity index (χ1) is 6.63. The summed E-state index contributed by atoms with van der Waals surface area (Å²) in [4.78, 5) is 17.5. The molecule has 76 valence electrons. The number of hydrogen-bond donors (Lipinski definition) is 0. The Bertz CT molecular complexity index is 323. The molecule has 0 saturated heterocycles. The lowest BCUT2D eigenvalue weighted by Gasteiger charge is -2.12. The highest BCUT2D eigenvalue weighted by atomic mass is 16.1. The van der Waals surface area contributed by atoms with Gasteiger partial charge in [0.1, 0.15) is 0 Å². The summed E-state index contributed by atoms with van der Waals surface area (Å²) in [5.41, 5.74) is 1.68. The van der Waals surface area contributed by atoms with Crippen LogP contribution in [-0.2, 0) is 6.54 Å². The van der Waals surface area contributed by atoms with Crippen molar-refractivity contribution >= 4 is 5.78 Å². The molecule has 3 nitrogen and oxygen atoms in total. The second-order valence-corrected chi connectivity index (χ2v) is 3.42. The summed E-state index contributed by atoms with van der Waals surface area (Å²) in [6.07, 6.45) is 1.69. The van der Waals surface area contributed by atoms with Gasteiger partial charge in [0.15, 0.2) is 5.78 Å². The molecule has 14 heavy (non-hydrogen) atoms. The summed E-state index contributed by atoms with van der Waals surface area (Å²) in [6.45, 7) is 5.43. The molecule has 0 unspecified atom stereocenters. The Morgan fingerprint density at radius 2 is 2.29 bits per heavy atom. The number of aromatic nitrogens is 1. The molecule has 0 spiro atoms. The van der Waals surface area contributed by atoms with E-state index in [1.807, 2.05) is 13.1 Å². The number of ketones is 1. The van der Waals surface area contributed by atoms with Gasteiger partial charge in [0.25, 0.3) is 0 Å². The van der Waals surface area contributed by atoms with Crippen LogP contribution in [0.1, 0.15) is 29.9 Å². The Balaban J connectivity index is 2.78. The summed E-state index contributed by atoms with van der Waals surface area (Å²) in [5.74, 6) is 0.0906. The lowest BCUT2D eigenvalue weighted by atomic mass is 10.1. The Morgan fingerprint density at radius 1 is 1.57 bits per heavy atom. The van der Waals surface area contributed by atoms with Crippen molar-refractivity contribution in [2.45, 2.75) is 20.4 Å². The maximum absolute atomic E-state index is 11.1. The highest BCUT2D eigenvalue weighted by Gasteiger charge is 2.03. The fourth-order valence-corrected chi connectivity index (χ4v) is 1.17. The summed E-state index contributed by atoms with van der Waals surface area (Å²) < 4.78 is 0. The molecule has 0 aliphatic rings. The summed E-state index contributed by atoms with van der Waals surface area (Å²) in [7, 11) is 2.03. The molecule has 0 radical (unpaired) electrons. The number of carbonyl (C=O) groups is 1. The van der Waals surface area contributed by atoms with E-state index < -0.39 is 0 Å². The van der Waals surface area contributed by atoms with Gasteiger partial charge in [0.2, 0.25) is 0 Å². The number of hydrogen-bond acceptors (Lipinski definition) is 3. The minimum Gasteiger partial charge on any atom is -0.301 e. The molecule has 0 saturated carbocycles. The van der Waals surface area contributed by atoms with Gasteiger partial charge in [0.05, 0.1) is 5.69 Å². The molecule has 0 aliphatic carbocycles. The molecule has 1 rings (SSSR count). The third-order valence-electron chi connectivity index (χ3n) is 2.19. The fourth-order valence-electron chi connectivity index (χ4n) is 1.17. The zero-order valence-corrected chi connectivity index (χ0v) is 8.95. The Kier molecular flexibility index (Phi) is 3.77. The van der Waals surface area contributed by atoms with Crippen molar-refractivity contribution in [3.63, 3.8) is 0 Å². The predicted octanol–water partition coefficient (Wildman–Crippen LogP) is 1.74. The van der Waals surface area contributed by atoms with Crippen LogP contribution >= 0.6 is 0 Å². The summed E-state index contributed by atoms with van der Waals surface area (Å²) >= 11 is 0. The van der Waals surface area contributed by atoms with E-state index in [4.69, 9.17) is 0 Å². The van der Waals surface area contributed by atoms with Crippen LogP contribution in [-0.4, -0.2) is 29.3 Å². The quantitative estimate of drug-likeness (QED) is 0.681. The van der Waals surface area contributed by atoms with Gasteiger partial charge in [-0.05, 0) is 32.6 Å². The van der Waals surface area contributed by atoms with E-state index in [0.717, 1.165) is 24.3 Å². The van der Waals surface area contributed by atoms with Crippen molar-refractivity contribution < 1.29 is 4.79 Å². The molecule has 0 atom stereocenters. The first kappa shape index (κ1) is 10.9. The normalized spacial score (nSPS) is 10.6. The van der Waals surface area contributed by atoms with Gasteiger partial charge in [-0.2, -0.15) is 0 Å². The molecule has 0 N–H and O–H groups in total. The van der Waals surface area contributed by atoms with Gasteiger partial charge in [-0.3, -0.25) is 9.78 Å². The first-order valence-electron chi connectivity index (χ1n) is 4.78. The molecule has 0 bridgehead atoms. The third-order valence-corrected chi connectivity index (χ3v) is 2.19. The van der Waals surface area contributed by atoms with E-state index in [9.17, 15) is 4.79 Å². The molecule has 3 heteroatoms. The Morgan fingerprint density at radius 3 is 2.86 bits per heavy atom. The van der Waals surface area contributed by atoms with Gasteiger partial charge >= 0.3 is 0 Å². The number of nitrogens with zero attached hydrogens (tertiary/aromatic N) is 2. The number of carbonyl (C=O) groups excluding carboxylic acids is 1. The maximum Gasteiger partial charge on any atom is 0.159 e. The predicted molar refractivity (Wildman–Crippen MR) is 56.2 cm³/mol. The topological polar surface area (TPSA) is 33.2 Å². The average molecular weight is 192 g/mol. The number of pyridine rings is 1. The van der Waals surface area contributed by atoms with Crippen LogP contribution in [0, 0.1) is 0 Å². The SMILES string of the molecule is CCN(C)Cc1cc(C(C)=O)ccn1. The van der Waals surface area contributed by atoms with Gasteiger partial charge in [-0.25, -0.2) is 0 Å². The van der Waals surface area contributed by atoms with Crippen molar-refractivity contribution in [1.29, 1.82) is 0 Å². The van der Waals surface area contributed by atoms with Crippen LogP contribution in [0.3, 0.4) is 0 Å². The number of Topliss-reactive ketones (excluding diaryl/α,β-unsaturated/α-hetero) is 1. The second kappa shape index (κ2) is 4.86. The van der Waals surface area contributed by atoms with Crippen molar-refractivity contribution in [1.82, 2.24) is 9.88 Å². The minimum absolute atomic E-state index is 0.0906. The molecule has 0 aliphatic heterocycles. The zero-order valence-electron chi connectivity index (χ0n) is 8.95. The summed E-state index contributed by atoms with van der Waals surface area (Å²) in [6, 6.07) is 3.60. The van der Waals surface area contributed by atoms with Crippen LogP contribution in [0.15, 0.2) is 18.3 Å². The molecule has 0 amide bonds.